The van der Waals surface area contributed by atoms with Crippen LogP contribution < -0.4 is 5.73 Å². The van der Waals surface area contributed by atoms with E-state index in [0.717, 1.165) is 5.82 Å². The highest BCUT2D eigenvalue weighted by Crippen LogP contribution is 2.34. The van der Waals surface area contributed by atoms with Crippen molar-refractivity contribution in [2.45, 2.75) is 57.9 Å². The number of nitrogens with two attached hydrogens (primary N) is 1. The molecular formula is C12H21N3. The first-order chi connectivity index (χ1) is 6.98. The standard InChI is InChI=1S/C12H21N3/c1-12(2,3)15-11(13)8-10(14-15)9-6-4-5-7-9/h8-9H,4-7,13H2,1-3H3. The largest absolute Gasteiger partial charge is 0.384 e. The lowest BCUT2D eigenvalue weighted by atomic mass is 10.1. The lowest BCUT2D eigenvalue weighted by Gasteiger charge is -2.20. The third-order valence-electron chi connectivity index (χ3n) is 3.16. The third-order valence-corrected chi connectivity index (χ3v) is 3.16. The van der Waals surface area contributed by atoms with Gasteiger partial charge in [-0.05, 0) is 33.6 Å². The SMILES string of the molecule is CC(C)(C)n1nc(C2CCCC2)cc1N. The van der Waals surface area contributed by atoms with Crippen molar-refractivity contribution >= 4 is 5.82 Å². The average Bonchev–Trinajstić information content (AvgIpc) is 2.68. The van der Waals surface area contributed by atoms with E-state index in [-0.39, 0.29) is 5.54 Å². The summed E-state index contributed by atoms with van der Waals surface area (Å²) in [5.74, 6) is 1.44. The third kappa shape index (κ3) is 2.01. The molecule has 0 radical (unpaired) electrons. The maximum absolute atomic E-state index is 6.00. The van der Waals surface area contributed by atoms with Gasteiger partial charge in [0, 0.05) is 12.0 Å². The van der Waals surface area contributed by atoms with Crippen molar-refractivity contribution in [1.29, 1.82) is 0 Å². The van der Waals surface area contributed by atoms with Crippen molar-refractivity contribution in [3.8, 4) is 0 Å². The lowest BCUT2D eigenvalue weighted by Crippen LogP contribution is -2.24. The van der Waals surface area contributed by atoms with Crippen LogP contribution in [0.1, 0.15) is 58.1 Å². The number of nitrogens with zero attached hydrogens (tertiary/aromatic N) is 2. The first-order valence-corrected chi connectivity index (χ1v) is 5.84. The summed E-state index contributed by atoms with van der Waals surface area (Å²) in [5.41, 5.74) is 7.18. The van der Waals surface area contributed by atoms with Crippen LogP contribution in [-0.4, -0.2) is 9.78 Å². The van der Waals surface area contributed by atoms with E-state index in [9.17, 15) is 0 Å². The van der Waals surface area contributed by atoms with Crippen molar-refractivity contribution in [2.24, 2.45) is 0 Å². The first-order valence-electron chi connectivity index (χ1n) is 5.84. The molecule has 0 aromatic carbocycles. The van der Waals surface area contributed by atoms with Crippen LogP contribution in [0.5, 0.6) is 0 Å². The predicted octanol–water partition coefficient (Wildman–Crippen LogP) is 2.88. The van der Waals surface area contributed by atoms with Crippen LogP contribution >= 0.6 is 0 Å². The number of hydrogen-bond donors (Lipinski definition) is 1. The minimum Gasteiger partial charge on any atom is -0.384 e. The molecule has 15 heavy (non-hydrogen) atoms. The summed E-state index contributed by atoms with van der Waals surface area (Å²) in [6.07, 6.45) is 5.24. The Morgan fingerprint density at radius 2 is 1.93 bits per heavy atom. The van der Waals surface area contributed by atoms with Crippen molar-refractivity contribution in [3.63, 3.8) is 0 Å². The van der Waals surface area contributed by atoms with Crippen LogP contribution in [0.4, 0.5) is 5.82 Å². The van der Waals surface area contributed by atoms with E-state index in [0.29, 0.717) is 5.92 Å². The fraction of sp³-hybridized carbons (Fsp3) is 0.750. The highest BCUT2D eigenvalue weighted by Gasteiger charge is 2.24. The van der Waals surface area contributed by atoms with Gasteiger partial charge in [0.2, 0.25) is 0 Å². The summed E-state index contributed by atoms with van der Waals surface area (Å²) in [6.45, 7) is 6.40. The van der Waals surface area contributed by atoms with Crippen LogP contribution in [0.25, 0.3) is 0 Å². The zero-order valence-electron chi connectivity index (χ0n) is 9.95. The molecule has 0 aliphatic heterocycles. The second-order valence-corrected chi connectivity index (χ2v) is 5.56. The Labute approximate surface area is 91.7 Å². The van der Waals surface area contributed by atoms with Crippen LogP contribution in [0, 0.1) is 0 Å². The Balaban J connectivity index is 2.28. The molecule has 0 atom stereocenters. The Morgan fingerprint density at radius 1 is 1.33 bits per heavy atom. The van der Waals surface area contributed by atoms with E-state index < -0.39 is 0 Å². The fourth-order valence-electron chi connectivity index (χ4n) is 2.37. The van der Waals surface area contributed by atoms with Crippen molar-refractivity contribution in [1.82, 2.24) is 9.78 Å². The average molecular weight is 207 g/mol. The van der Waals surface area contributed by atoms with Gasteiger partial charge in [-0.2, -0.15) is 5.10 Å². The van der Waals surface area contributed by atoms with Crippen molar-refractivity contribution < 1.29 is 0 Å². The number of nitrogen functional groups attached to an aromatic ring is 1. The van der Waals surface area contributed by atoms with Gasteiger partial charge < -0.3 is 5.73 Å². The highest BCUT2D eigenvalue weighted by atomic mass is 15.3. The molecule has 0 unspecified atom stereocenters. The molecule has 1 aliphatic carbocycles. The summed E-state index contributed by atoms with van der Waals surface area (Å²) in [7, 11) is 0. The van der Waals surface area contributed by atoms with E-state index >= 15 is 0 Å². The summed E-state index contributed by atoms with van der Waals surface area (Å²) >= 11 is 0. The van der Waals surface area contributed by atoms with Gasteiger partial charge in [0.05, 0.1) is 11.2 Å². The van der Waals surface area contributed by atoms with Gasteiger partial charge >= 0.3 is 0 Å². The van der Waals surface area contributed by atoms with Gasteiger partial charge in [0.15, 0.2) is 0 Å². The minimum absolute atomic E-state index is 0.0130. The minimum atomic E-state index is -0.0130. The van der Waals surface area contributed by atoms with Crippen LogP contribution in [0.2, 0.25) is 0 Å². The maximum Gasteiger partial charge on any atom is 0.122 e. The van der Waals surface area contributed by atoms with E-state index in [1.165, 1.54) is 31.4 Å². The molecule has 84 valence electrons. The summed E-state index contributed by atoms with van der Waals surface area (Å²) < 4.78 is 1.95. The van der Waals surface area contributed by atoms with Gasteiger partial charge in [-0.15, -0.1) is 0 Å². The molecule has 0 spiro atoms. The van der Waals surface area contributed by atoms with Crippen molar-refractivity contribution in [3.05, 3.63) is 11.8 Å². The zero-order valence-corrected chi connectivity index (χ0v) is 9.95. The number of aromatic nitrogens is 2. The number of hydrogen-bond acceptors (Lipinski definition) is 2. The Morgan fingerprint density at radius 3 is 2.40 bits per heavy atom. The summed E-state index contributed by atoms with van der Waals surface area (Å²) in [5, 5.41) is 4.65. The number of rotatable bonds is 1. The molecule has 3 nitrogen and oxygen atoms in total. The summed E-state index contributed by atoms with van der Waals surface area (Å²) in [4.78, 5) is 0. The Bertz CT molecular complexity index is 340. The molecular weight excluding hydrogens is 186 g/mol. The van der Waals surface area contributed by atoms with Gasteiger partial charge in [0.1, 0.15) is 5.82 Å². The maximum atomic E-state index is 6.00. The second kappa shape index (κ2) is 3.54. The van der Waals surface area contributed by atoms with Gasteiger partial charge in [-0.3, -0.25) is 0 Å². The molecule has 1 aliphatic rings. The molecule has 2 N–H and O–H groups in total. The second-order valence-electron chi connectivity index (χ2n) is 5.56. The predicted molar refractivity (Wildman–Crippen MR) is 62.8 cm³/mol. The summed E-state index contributed by atoms with van der Waals surface area (Å²) in [6, 6.07) is 2.06. The molecule has 1 heterocycles. The molecule has 1 fully saturated rings. The molecule has 3 heteroatoms. The lowest BCUT2D eigenvalue weighted by molar-refractivity contribution is 0.357. The molecule has 1 aromatic rings. The Hall–Kier alpha value is -0.990. The van der Waals surface area contributed by atoms with E-state index in [4.69, 9.17) is 5.73 Å². The van der Waals surface area contributed by atoms with Crippen LogP contribution in [0.3, 0.4) is 0 Å². The fourth-order valence-corrected chi connectivity index (χ4v) is 2.37. The Kier molecular flexibility index (Phi) is 2.49. The molecule has 0 amide bonds. The molecule has 0 bridgehead atoms. The first kappa shape index (κ1) is 10.5. The highest BCUT2D eigenvalue weighted by molar-refractivity contribution is 5.33. The van der Waals surface area contributed by atoms with Gasteiger partial charge in [0.25, 0.3) is 0 Å². The normalized spacial score (nSPS) is 18.6. The zero-order chi connectivity index (χ0) is 11.1. The molecule has 2 rings (SSSR count). The van der Waals surface area contributed by atoms with Crippen LogP contribution in [0.15, 0.2) is 6.07 Å². The van der Waals surface area contributed by atoms with E-state index in [1.54, 1.807) is 0 Å². The molecule has 1 saturated carbocycles. The van der Waals surface area contributed by atoms with E-state index in [1.807, 2.05) is 4.68 Å². The van der Waals surface area contributed by atoms with Gasteiger partial charge in [-0.1, -0.05) is 12.8 Å². The van der Waals surface area contributed by atoms with Crippen molar-refractivity contribution in [2.75, 3.05) is 5.73 Å². The molecule has 0 saturated heterocycles. The quantitative estimate of drug-likeness (QED) is 0.769. The van der Waals surface area contributed by atoms with Crippen LogP contribution in [-0.2, 0) is 5.54 Å². The number of anilines is 1. The smallest absolute Gasteiger partial charge is 0.122 e. The molecule has 1 aromatic heterocycles. The topological polar surface area (TPSA) is 43.8 Å². The van der Waals surface area contributed by atoms with Gasteiger partial charge in [-0.25, -0.2) is 4.68 Å². The monoisotopic (exact) mass is 207 g/mol. The van der Waals surface area contributed by atoms with E-state index in [2.05, 4.69) is 31.9 Å².